The van der Waals surface area contributed by atoms with Gasteiger partial charge in [-0.05, 0) is 54.0 Å². The molecule has 0 atom stereocenters. The number of carbonyl (C=O) groups excluding carboxylic acids is 1. The summed E-state index contributed by atoms with van der Waals surface area (Å²) in [6.45, 7) is 0. The number of nitrogens with one attached hydrogen (secondary N) is 1. The number of hydrogen-bond acceptors (Lipinski definition) is 5. The molecule has 27 heavy (non-hydrogen) atoms. The van der Waals surface area contributed by atoms with Crippen LogP contribution in [-0.2, 0) is 6.18 Å². The SMILES string of the molecule is COc1ccc(-c2nnsc2C(=O)Nc2ccc(Cl)c(C(F)(F)F)c2)cc1. The molecule has 0 aliphatic rings. The Morgan fingerprint density at radius 1 is 1.19 bits per heavy atom. The average Bonchev–Trinajstić information content (AvgIpc) is 3.12. The van der Waals surface area contributed by atoms with Crippen LogP contribution in [-0.4, -0.2) is 22.6 Å². The predicted molar refractivity (Wildman–Crippen MR) is 96.3 cm³/mol. The third kappa shape index (κ3) is 4.20. The first-order chi connectivity index (χ1) is 12.8. The fraction of sp³-hybridized carbons (Fsp3) is 0.118. The lowest BCUT2D eigenvalue weighted by atomic mass is 10.1. The minimum atomic E-state index is -4.63. The molecule has 1 N–H and O–H groups in total. The number of nitrogens with zero attached hydrogens (tertiary/aromatic N) is 2. The third-order valence-electron chi connectivity index (χ3n) is 3.59. The van der Waals surface area contributed by atoms with Crippen molar-refractivity contribution in [1.82, 2.24) is 9.59 Å². The van der Waals surface area contributed by atoms with Crippen molar-refractivity contribution in [3.8, 4) is 17.0 Å². The molecular weight excluding hydrogens is 403 g/mol. The Kier molecular flexibility index (Phi) is 5.33. The van der Waals surface area contributed by atoms with Crippen LogP contribution in [0, 0.1) is 0 Å². The minimum Gasteiger partial charge on any atom is -0.497 e. The van der Waals surface area contributed by atoms with Gasteiger partial charge in [-0.15, -0.1) is 5.10 Å². The second kappa shape index (κ2) is 7.53. The fourth-order valence-electron chi connectivity index (χ4n) is 2.29. The van der Waals surface area contributed by atoms with Crippen LogP contribution in [0.25, 0.3) is 11.3 Å². The molecule has 5 nitrogen and oxygen atoms in total. The van der Waals surface area contributed by atoms with Crippen LogP contribution in [0.15, 0.2) is 42.5 Å². The summed E-state index contributed by atoms with van der Waals surface area (Å²) in [6, 6.07) is 9.96. The van der Waals surface area contributed by atoms with E-state index in [4.69, 9.17) is 16.3 Å². The van der Waals surface area contributed by atoms with Gasteiger partial charge in [0, 0.05) is 11.3 Å². The summed E-state index contributed by atoms with van der Waals surface area (Å²) in [5, 5.41) is 5.92. The summed E-state index contributed by atoms with van der Waals surface area (Å²) >= 11 is 6.43. The quantitative estimate of drug-likeness (QED) is 0.643. The van der Waals surface area contributed by atoms with E-state index < -0.39 is 22.7 Å². The van der Waals surface area contributed by atoms with Gasteiger partial charge in [-0.2, -0.15) is 13.2 Å². The number of anilines is 1. The Morgan fingerprint density at radius 3 is 2.52 bits per heavy atom. The molecule has 3 aromatic rings. The first-order valence-corrected chi connectivity index (χ1v) is 8.59. The number of aromatic nitrogens is 2. The predicted octanol–water partition coefficient (Wildman–Crippen LogP) is 5.14. The highest BCUT2D eigenvalue weighted by Crippen LogP contribution is 2.36. The lowest BCUT2D eigenvalue weighted by molar-refractivity contribution is -0.137. The Balaban J connectivity index is 1.87. The number of halogens is 4. The first kappa shape index (κ1) is 19.1. The van der Waals surface area contributed by atoms with Crippen LogP contribution in [0.4, 0.5) is 18.9 Å². The smallest absolute Gasteiger partial charge is 0.417 e. The minimum absolute atomic E-state index is 0.0363. The van der Waals surface area contributed by atoms with E-state index in [-0.39, 0.29) is 10.6 Å². The largest absolute Gasteiger partial charge is 0.497 e. The molecule has 0 spiro atoms. The van der Waals surface area contributed by atoms with Gasteiger partial charge in [0.15, 0.2) is 0 Å². The summed E-state index contributed by atoms with van der Waals surface area (Å²) in [7, 11) is 1.53. The molecule has 0 unspecified atom stereocenters. The zero-order chi connectivity index (χ0) is 19.6. The van der Waals surface area contributed by atoms with Gasteiger partial charge >= 0.3 is 6.18 Å². The highest BCUT2D eigenvalue weighted by atomic mass is 35.5. The van der Waals surface area contributed by atoms with E-state index in [2.05, 4.69) is 14.9 Å². The molecule has 10 heteroatoms. The maximum Gasteiger partial charge on any atom is 0.417 e. The summed E-state index contributed by atoms with van der Waals surface area (Å²) in [6.07, 6.45) is -4.63. The molecule has 3 rings (SSSR count). The van der Waals surface area contributed by atoms with E-state index >= 15 is 0 Å². The van der Waals surface area contributed by atoms with Crippen molar-refractivity contribution in [2.24, 2.45) is 0 Å². The van der Waals surface area contributed by atoms with Crippen LogP contribution in [0.2, 0.25) is 5.02 Å². The summed E-state index contributed by atoms with van der Waals surface area (Å²) in [5.41, 5.74) is -0.113. The van der Waals surface area contributed by atoms with Gasteiger partial charge in [-0.3, -0.25) is 4.79 Å². The average molecular weight is 414 g/mol. The number of amides is 1. The fourth-order valence-corrected chi connectivity index (χ4v) is 3.09. The Hall–Kier alpha value is -2.65. The topological polar surface area (TPSA) is 64.1 Å². The summed E-state index contributed by atoms with van der Waals surface area (Å²) in [5.74, 6) is 0.0139. The van der Waals surface area contributed by atoms with Crippen molar-refractivity contribution in [3.63, 3.8) is 0 Å². The Bertz CT molecular complexity index is 974. The van der Waals surface area contributed by atoms with Crippen LogP contribution in [0.1, 0.15) is 15.2 Å². The Labute approximate surface area is 160 Å². The number of methoxy groups -OCH3 is 1. The van der Waals surface area contributed by atoms with E-state index in [0.717, 1.165) is 23.7 Å². The number of hydrogen-bond donors (Lipinski definition) is 1. The molecule has 0 saturated heterocycles. The van der Waals surface area contributed by atoms with Crippen molar-refractivity contribution < 1.29 is 22.7 Å². The van der Waals surface area contributed by atoms with E-state index in [1.165, 1.54) is 13.2 Å². The molecule has 0 radical (unpaired) electrons. The number of rotatable bonds is 4. The maximum atomic E-state index is 13.0. The van der Waals surface area contributed by atoms with E-state index in [9.17, 15) is 18.0 Å². The van der Waals surface area contributed by atoms with Crippen molar-refractivity contribution in [2.45, 2.75) is 6.18 Å². The van der Waals surface area contributed by atoms with E-state index in [0.29, 0.717) is 17.0 Å². The molecule has 2 aromatic carbocycles. The molecule has 0 aliphatic heterocycles. The standard InChI is InChI=1S/C17H11ClF3N3O2S/c1-26-11-5-2-9(3-6-11)14-15(27-24-23-14)16(25)22-10-4-7-13(18)12(8-10)17(19,20)21/h2-8H,1H3,(H,22,25). The zero-order valence-electron chi connectivity index (χ0n) is 13.7. The van der Waals surface area contributed by atoms with Crippen molar-refractivity contribution in [2.75, 3.05) is 12.4 Å². The van der Waals surface area contributed by atoms with Crippen molar-refractivity contribution in [1.29, 1.82) is 0 Å². The van der Waals surface area contributed by atoms with Crippen LogP contribution >= 0.6 is 23.1 Å². The molecule has 140 valence electrons. The summed E-state index contributed by atoms with van der Waals surface area (Å²) < 4.78 is 47.7. The second-order valence-corrected chi connectivity index (χ2v) is 6.49. The number of carbonyl (C=O) groups is 1. The number of alkyl halides is 3. The molecule has 1 aromatic heterocycles. The highest BCUT2D eigenvalue weighted by molar-refractivity contribution is 7.08. The van der Waals surface area contributed by atoms with E-state index in [1.807, 2.05) is 0 Å². The lowest BCUT2D eigenvalue weighted by Crippen LogP contribution is -2.13. The first-order valence-electron chi connectivity index (χ1n) is 7.44. The molecule has 0 aliphatic carbocycles. The number of benzene rings is 2. The molecule has 0 fully saturated rings. The second-order valence-electron chi connectivity index (χ2n) is 5.33. The molecular formula is C17H11ClF3N3O2S. The normalized spacial score (nSPS) is 11.3. The monoisotopic (exact) mass is 413 g/mol. The highest BCUT2D eigenvalue weighted by Gasteiger charge is 2.33. The third-order valence-corrected chi connectivity index (χ3v) is 4.64. The van der Waals surface area contributed by atoms with Crippen molar-refractivity contribution in [3.05, 3.63) is 57.9 Å². The molecule has 1 amide bonds. The number of ether oxygens (including phenoxy) is 1. The van der Waals surface area contributed by atoms with Crippen LogP contribution in [0.5, 0.6) is 5.75 Å². The van der Waals surface area contributed by atoms with Gasteiger partial charge in [-0.1, -0.05) is 16.1 Å². The van der Waals surface area contributed by atoms with Gasteiger partial charge in [0.1, 0.15) is 16.3 Å². The molecule has 0 saturated carbocycles. The van der Waals surface area contributed by atoms with Crippen LogP contribution < -0.4 is 10.1 Å². The van der Waals surface area contributed by atoms with Gasteiger partial charge in [0.2, 0.25) is 0 Å². The van der Waals surface area contributed by atoms with Crippen LogP contribution in [0.3, 0.4) is 0 Å². The zero-order valence-corrected chi connectivity index (χ0v) is 15.2. The van der Waals surface area contributed by atoms with Gasteiger partial charge in [0.05, 0.1) is 17.7 Å². The van der Waals surface area contributed by atoms with Gasteiger partial charge in [-0.25, -0.2) is 0 Å². The maximum absolute atomic E-state index is 13.0. The van der Waals surface area contributed by atoms with Gasteiger partial charge in [0.25, 0.3) is 5.91 Å². The molecule has 0 bridgehead atoms. The van der Waals surface area contributed by atoms with Gasteiger partial charge < -0.3 is 10.1 Å². The van der Waals surface area contributed by atoms with E-state index in [1.54, 1.807) is 24.3 Å². The Morgan fingerprint density at radius 2 is 1.89 bits per heavy atom. The van der Waals surface area contributed by atoms with Crippen molar-refractivity contribution >= 4 is 34.7 Å². The summed E-state index contributed by atoms with van der Waals surface area (Å²) in [4.78, 5) is 12.7. The molecule has 1 heterocycles. The lowest BCUT2D eigenvalue weighted by Gasteiger charge is -2.11.